The lowest BCUT2D eigenvalue weighted by Crippen LogP contribution is -3.04. The van der Waals surface area contributed by atoms with E-state index in [0.717, 1.165) is 18.0 Å². The topological polar surface area (TPSA) is 101 Å². The number of hydrogen-bond donors (Lipinski definition) is 2. The van der Waals surface area contributed by atoms with Crippen molar-refractivity contribution in [1.82, 2.24) is 15.0 Å². The molecular weight excluding hydrogens is 438 g/mol. The number of fused-ring (bicyclic) bond motifs is 1. The van der Waals surface area contributed by atoms with Gasteiger partial charge in [-0.25, -0.2) is 9.48 Å². The number of carbonyl (C=O) groups excluding carboxylic acids is 1. The number of rotatable bonds is 7. The van der Waals surface area contributed by atoms with Crippen molar-refractivity contribution < 1.29 is 28.6 Å². The molecule has 2 N–H and O–H groups in total. The molecule has 1 amide bonds. The molecule has 0 radical (unpaired) electrons. The molecule has 4 atom stereocenters. The average molecular weight is 467 g/mol. The monoisotopic (exact) mass is 466 g/mol. The van der Waals surface area contributed by atoms with Crippen LogP contribution in [0.25, 0.3) is 0 Å². The normalized spacial score (nSPS) is 23.6. The zero-order valence-electron chi connectivity index (χ0n) is 19.1. The summed E-state index contributed by atoms with van der Waals surface area (Å²) in [6.45, 7) is 1.48. The molecule has 34 heavy (non-hydrogen) atoms. The minimum atomic E-state index is -0.560. The Morgan fingerprint density at radius 3 is 2.56 bits per heavy atom. The fourth-order valence-corrected chi connectivity index (χ4v) is 4.21. The van der Waals surface area contributed by atoms with Crippen LogP contribution in [0.15, 0.2) is 60.8 Å². The molecule has 5 rings (SSSR count). The molecule has 0 spiro atoms. The third kappa shape index (κ3) is 5.04. The number of hydrogen-bond acceptors (Lipinski definition) is 7. The van der Waals surface area contributed by atoms with Gasteiger partial charge in [0.2, 0.25) is 0 Å². The van der Waals surface area contributed by atoms with E-state index in [1.807, 2.05) is 36.5 Å². The Morgan fingerprint density at radius 2 is 1.79 bits per heavy atom. The van der Waals surface area contributed by atoms with Crippen LogP contribution < -0.4 is 15.0 Å². The number of nitrogens with one attached hydrogen (secondary N) is 2. The van der Waals surface area contributed by atoms with Crippen molar-refractivity contribution in [1.29, 1.82) is 0 Å². The molecule has 2 fully saturated rings. The maximum absolute atomic E-state index is 12.5. The highest BCUT2D eigenvalue weighted by molar-refractivity contribution is 5.84. The smallest absolute Gasteiger partial charge is 0.412 e. The van der Waals surface area contributed by atoms with Crippen LogP contribution in [0.1, 0.15) is 11.7 Å². The standard InChI is InChI=1S/C24H27N5O5/c1-28(2)12-17-13-29(27-26-17)20-14-31-23-21(15-32-22(20)23)34-24(30)25-16-8-10-19(11-9-16)33-18-6-4-3-5-7-18/h3-11,13,20-23H,12,14-15H2,1-2H3,(H,25,30)/p+1/t20-,21+,22+,23+/m0/s1. The lowest BCUT2D eigenvalue weighted by atomic mass is 10.1. The quantitative estimate of drug-likeness (QED) is 0.546. The highest BCUT2D eigenvalue weighted by Gasteiger charge is 2.50. The molecule has 0 bridgehead atoms. The first-order chi connectivity index (χ1) is 16.5. The van der Waals surface area contributed by atoms with Crippen molar-refractivity contribution in [2.24, 2.45) is 0 Å². The van der Waals surface area contributed by atoms with Gasteiger partial charge in [-0.3, -0.25) is 5.32 Å². The van der Waals surface area contributed by atoms with E-state index < -0.39 is 12.2 Å². The molecule has 10 heteroatoms. The second kappa shape index (κ2) is 9.80. The number of benzene rings is 2. The molecule has 0 aliphatic carbocycles. The first kappa shape index (κ1) is 22.3. The summed E-state index contributed by atoms with van der Waals surface area (Å²) in [5.74, 6) is 1.42. The van der Waals surface area contributed by atoms with E-state index in [4.69, 9.17) is 18.9 Å². The summed E-state index contributed by atoms with van der Waals surface area (Å²) in [6, 6.07) is 16.5. The van der Waals surface area contributed by atoms with Crippen molar-refractivity contribution in [3.63, 3.8) is 0 Å². The number of para-hydroxylation sites is 1. The van der Waals surface area contributed by atoms with Gasteiger partial charge in [0.15, 0.2) is 6.10 Å². The fourth-order valence-electron chi connectivity index (χ4n) is 4.21. The van der Waals surface area contributed by atoms with Gasteiger partial charge in [-0.1, -0.05) is 23.4 Å². The highest BCUT2D eigenvalue weighted by atomic mass is 16.6. The number of ether oxygens (including phenoxy) is 4. The molecule has 2 aromatic carbocycles. The molecule has 2 saturated heterocycles. The highest BCUT2D eigenvalue weighted by Crippen LogP contribution is 2.35. The molecular formula is C24H28N5O5+. The number of nitrogens with zero attached hydrogens (tertiary/aromatic N) is 3. The van der Waals surface area contributed by atoms with Gasteiger partial charge in [0.25, 0.3) is 0 Å². The van der Waals surface area contributed by atoms with Gasteiger partial charge in [-0.05, 0) is 36.4 Å². The first-order valence-corrected chi connectivity index (χ1v) is 11.3. The summed E-state index contributed by atoms with van der Waals surface area (Å²) in [5, 5.41) is 11.2. The lowest BCUT2D eigenvalue weighted by Gasteiger charge is -2.17. The number of amides is 1. The predicted molar refractivity (Wildman–Crippen MR) is 122 cm³/mol. The average Bonchev–Trinajstić information content (AvgIpc) is 3.53. The Labute approximate surface area is 197 Å². The van der Waals surface area contributed by atoms with Crippen molar-refractivity contribution >= 4 is 11.8 Å². The Morgan fingerprint density at radius 1 is 1.06 bits per heavy atom. The van der Waals surface area contributed by atoms with Crippen LogP contribution in [-0.2, 0) is 20.8 Å². The maximum Gasteiger partial charge on any atom is 0.412 e. The molecule has 1 aromatic heterocycles. The third-order valence-corrected chi connectivity index (χ3v) is 5.75. The van der Waals surface area contributed by atoms with Crippen LogP contribution in [0.3, 0.4) is 0 Å². The van der Waals surface area contributed by atoms with E-state index in [9.17, 15) is 4.79 Å². The van der Waals surface area contributed by atoms with Crippen LogP contribution in [0, 0.1) is 0 Å². The largest absolute Gasteiger partial charge is 0.457 e. The Hall–Kier alpha value is -3.47. The first-order valence-electron chi connectivity index (χ1n) is 11.3. The van der Waals surface area contributed by atoms with E-state index in [0.29, 0.717) is 18.0 Å². The second-order valence-corrected chi connectivity index (χ2v) is 8.75. The third-order valence-electron chi connectivity index (χ3n) is 5.75. The Kier molecular flexibility index (Phi) is 6.43. The van der Waals surface area contributed by atoms with Crippen LogP contribution in [0.5, 0.6) is 11.5 Å². The summed E-state index contributed by atoms with van der Waals surface area (Å²) >= 11 is 0. The predicted octanol–water partition coefficient (Wildman–Crippen LogP) is 1.67. The minimum Gasteiger partial charge on any atom is -0.457 e. The zero-order valence-corrected chi connectivity index (χ0v) is 19.1. The summed E-state index contributed by atoms with van der Waals surface area (Å²) in [4.78, 5) is 13.8. The van der Waals surface area contributed by atoms with E-state index >= 15 is 0 Å². The van der Waals surface area contributed by atoms with Crippen molar-refractivity contribution in [2.75, 3.05) is 32.6 Å². The molecule has 0 saturated carbocycles. The number of carbonyl (C=O) groups is 1. The van der Waals surface area contributed by atoms with Gasteiger partial charge in [0.05, 0.1) is 33.5 Å². The molecule has 0 unspecified atom stereocenters. The summed E-state index contributed by atoms with van der Waals surface area (Å²) in [7, 11) is 4.13. The van der Waals surface area contributed by atoms with Crippen LogP contribution in [0.4, 0.5) is 10.5 Å². The molecule has 3 heterocycles. The second-order valence-electron chi connectivity index (χ2n) is 8.75. The zero-order chi connectivity index (χ0) is 23.5. The molecule has 178 valence electrons. The van der Waals surface area contributed by atoms with Gasteiger partial charge >= 0.3 is 6.09 Å². The minimum absolute atomic E-state index is 0.0998. The van der Waals surface area contributed by atoms with E-state index in [2.05, 4.69) is 29.7 Å². The van der Waals surface area contributed by atoms with Crippen molar-refractivity contribution in [3.05, 3.63) is 66.5 Å². The van der Waals surface area contributed by atoms with Crippen LogP contribution >= 0.6 is 0 Å². The Balaban J connectivity index is 1.14. The maximum atomic E-state index is 12.5. The van der Waals surface area contributed by atoms with Gasteiger partial charge < -0.3 is 23.8 Å². The van der Waals surface area contributed by atoms with Crippen molar-refractivity contribution in [3.8, 4) is 11.5 Å². The fraction of sp³-hybridized carbons (Fsp3) is 0.375. The van der Waals surface area contributed by atoms with Crippen LogP contribution in [0.2, 0.25) is 0 Å². The summed E-state index contributed by atoms with van der Waals surface area (Å²) in [6.07, 6.45) is 0.289. The van der Waals surface area contributed by atoms with E-state index in [-0.39, 0.29) is 24.9 Å². The molecule has 2 aliphatic rings. The van der Waals surface area contributed by atoms with E-state index in [1.165, 1.54) is 4.90 Å². The SMILES string of the molecule is C[NH+](C)Cc1cn([C@H]2CO[C@H]3[C@@H]2OC[C@H]3OC(=O)Nc2ccc(Oc3ccccc3)cc2)nn1. The van der Waals surface area contributed by atoms with Gasteiger partial charge in [-0.2, -0.15) is 0 Å². The molecule has 10 nitrogen and oxygen atoms in total. The molecule has 3 aromatic rings. The van der Waals surface area contributed by atoms with E-state index in [1.54, 1.807) is 28.9 Å². The summed E-state index contributed by atoms with van der Waals surface area (Å²) < 4.78 is 25.0. The number of anilines is 1. The number of aromatic nitrogens is 3. The summed E-state index contributed by atoms with van der Waals surface area (Å²) in [5.41, 5.74) is 1.51. The van der Waals surface area contributed by atoms with Crippen molar-refractivity contribution in [2.45, 2.75) is 30.9 Å². The van der Waals surface area contributed by atoms with Gasteiger partial charge in [0, 0.05) is 5.69 Å². The van der Waals surface area contributed by atoms with Crippen LogP contribution in [-0.4, -0.2) is 66.7 Å². The molecule has 2 aliphatic heterocycles. The van der Waals surface area contributed by atoms with Gasteiger partial charge in [0.1, 0.15) is 42.0 Å². The lowest BCUT2D eigenvalue weighted by molar-refractivity contribution is -0.873. The number of quaternary nitrogens is 1. The Bertz CT molecular complexity index is 1100. The van der Waals surface area contributed by atoms with Gasteiger partial charge in [-0.15, -0.1) is 5.10 Å².